The molecule has 150 valence electrons. The summed E-state index contributed by atoms with van der Waals surface area (Å²) in [5.74, 6) is 0.224. The van der Waals surface area contributed by atoms with Crippen LogP contribution in [-0.4, -0.2) is 44.9 Å². The van der Waals surface area contributed by atoms with E-state index in [4.69, 9.17) is 16.3 Å². The van der Waals surface area contributed by atoms with Gasteiger partial charge in [0.25, 0.3) is 5.91 Å². The van der Waals surface area contributed by atoms with E-state index in [-0.39, 0.29) is 12.5 Å². The third-order valence-corrected chi connectivity index (χ3v) is 6.78. The molecule has 0 saturated carbocycles. The molecule has 1 aliphatic heterocycles. The Balaban J connectivity index is 1.45. The summed E-state index contributed by atoms with van der Waals surface area (Å²) in [5.41, 5.74) is 0.952. The summed E-state index contributed by atoms with van der Waals surface area (Å²) in [6, 6.07) is 13.8. The van der Waals surface area contributed by atoms with E-state index in [1.807, 2.05) is 0 Å². The second kappa shape index (κ2) is 9.41. The SMILES string of the molecule is O=C(COc1ccccc1Cl)NCCc1ccc(S(=O)(=O)N2CCCC2)cc1. The summed E-state index contributed by atoms with van der Waals surface area (Å²) < 4.78 is 31.9. The van der Waals surface area contributed by atoms with Gasteiger partial charge in [0.2, 0.25) is 10.0 Å². The Hall–Kier alpha value is -2.09. The highest BCUT2D eigenvalue weighted by Gasteiger charge is 2.26. The Morgan fingerprint density at radius 1 is 1.07 bits per heavy atom. The molecule has 1 heterocycles. The van der Waals surface area contributed by atoms with Crippen LogP contribution >= 0.6 is 11.6 Å². The number of carbonyl (C=O) groups is 1. The maximum Gasteiger partial charge on any atom is 0.257 e. The standard InChI is InChI=1S/C20H23ClN2O4S/c21-18-5-1-2-6-19(18)27-15-20(24)22-12-11-16-7-9-17(10-8-16)28(25,26)23-13-3-4-14-23/h1-2,5-10H,3-4,11-15H2,(H,22,24). The normalized spacial score (nSPS) is 14.8. The van der Waals surface area contributed by atoms with Crippen LogP contribution in [0.3, 0.4) is 0 Å². The van der Waals surface area contributed by atoms with Crippen LogP contribution in [0.5, 0.6) is 5.75 Å². The van der Waals surface area contributed by atoms with Crippen LogP contribution in [0.25, 0.3) is 0 Å². The molecule has 1 fully saturated rings. The van der Waals surface area contributed by atoms with Gasteiger partial charge in [-0.2, -0.15) is 4.31 Å². The van der Waals surface area contributed by atoms with E-state index >= 15 is 0 Å². The van der Waals surface area contributed by atoms with Crippen LogP contribution in [0.15, 0.2) is 53.4 Å². The topological polar surface area (TPSA) is 75.7 Å². The van der Waals surface area contributed by atoms with Crippen molar-refractivity contribution < 1.29 is 17.9 Å². The second-order valence-electron chi connectivity index (χ2n) is 6.57. The Bertz CT molecular complexity index is 910. The van der Waals surface area contributed by atoms with E-state index in [0.29, 0.717) is 41.7 Å². The Kier molecular flexibility index (Phi) is 6.93. The summed E-state index contributed by atoms with van der Waals surface area (Å²) >= 11 is 5.98. The predicted octanol–water partition coefficient (Wildman–Crippen LogP) is 2.86. The smallest absolute Gasteiger partial charge is 0.257 e. The molecule has 0 aliphatic carbocycles. The number of hydrogen-bond donors (Lipinski definition) is 1. The molecular weight excluding hydrogens is 400 g/mol. The monoisotopic (exact) mass is 422 g/mol. The van der Waals surface area contributed by atoms with Crippen molar-refractivity contribution in [2.45, 2.75) is 24.2 Å². The molecule has 0 radical (unpaired) electrons. The van der Waals surface area contributed by atoms with Gasteiger partial charge in [-0.1, -0.05) is 35.9 Å². The van der Waals surface area contributed by atoms with E-state index < -0.39 is 10.0 Å². The molecule has 1 N–H and O–H groups in total. The molecular formula is C20H23ClN2O4S. The average molecular weight is 423 g/mol. The maximum atomic E-state index is 12.5. The van der Waals surface area contributed by atoms with Gasteiger partial charge in [-0.05, 0) is 49.1 Å². The van der Waals surface area contributed by atoms with Gasteiger partial charge in [-0.15, -0.1) is 0 Å². The lowest BCUT2D eigenvalue weighted by atomic mass is 10.1. The van der Waals surface area contributed by atoms with Gasteiger partial charge < -0.3 is 10.1 Å². The van der Waals surface area contributed by atoms with Crippen molar-refractivity contribution in [3.05, 3.63) is 59.1 Å². The fourth-order valence-corrected chi connectivity index (χ4v) is 4.72. The number of nitrogens with one attached hydrogen (secondary N) is 1. The number of benzene rings is 2. The van der Waals surface area contributed by atoms with Crippen LogP contribution in [-0.2, 0) is 21.2 Å². The summed E-state index contributed by atoms with van der Waals surface area (Å²) in [7, 11) is -3.39. The molecule has 1 saturated heterocycles. The second-order valence-corrected chi connectivity index (χ2v) is 8.92. The number of halogens is 1. The molecule has 0 aromatic heterocycles. The van der Waals surface area contributed by atoms with Crippen LogP contribution < -0.4 is 10.1 Å². The summed E-state index contributed by atoms with van der Waals surface area (Å²) in [6.45, 7) is 1.50. The minimum absolute atomic E-state index is 0.114. The first-order chi connectivity index (χ1) is 13.5. The molecule has 2 aromatic carbocycles. The van der Waals surface area contributed by atoms with Gasteiger partial charge in [0.05, 0.1) is 9.92 Å². The molecule has 0 bridgehead atoms. The van der Waals surface area contributed by atoms with Crippen LogP contribution in [0.1, 0.15) is 18.4 Å². The highest BCUT2D eigenvalue weighted by molar-refractivity contribution is 7.89. The van der Waals surface area contributed by atoms with Crippen molar-refractivity contribution >= 4 is 27.5 Å². The first-order valence-corrected chi connectivity index (χ1v) is 11.0. The van der Waals surface area contributed by atoms with Crippen molar-refractivity contribution in [3.63, 3.8) is 0 Å². The molecule has 3 rings (SSSR count). The lowest BCUT2D eigenvalue weighted by Crippen LogP contribution is -2.30. The van der Waals surface area contributed by atoms with Gasteiger partial charge in [0.15, 0.2) is 6.61 Å². The highest BCUT2D eigenvalue weighted by Crippen LogP contribution is 2.23. The molecule has 0 unspecified atom stereocenters. The van der Waals surface area contributed by atoms with E-state index in [1.54, 1.807) is 48.5 Å². The fourth-order valence-electron chi connectivity index (χ4n) is 3.01. The van der Waals surface area contributed by atoms with Crippen LogP contribution in [0, 0.1) is 0 Å². The maximum absolute atomic E-state index is 12.5. The van der Waals surface area contributed by atoms with Gasteiger partial charge >= 0.3 is 0 Å². The zero-order valence-corrected chi connectivity index (χ0v) is 17.0. The number of amides is 1. The van der Waals surface area contributed by atoms with Gasteiger partial charge in [-0.3, -0.25) is 4.79 Å². The summed E-state index contributed by atoms with van der Waals surface area (Å²) in [5, 5.41) is 3.23. The molecule has 0 spiro atoms. The third kappa shape index (κ3) is 5.25. The van der Waals surface area contributed by atoms with Gasteiger partial charge in [0.1, 0.15) is 5.75 Å². The number of sulfonamides is 1. The first-order valence-electron chi connectivity index (χ1n) is 9.20. The Labute approximate surface area is 170 Å². The number of carbonyl (C=O) groups excluding carboxylic acids is 1. The van der Waals surface area contributed by atoms with E-state index in [9.17, 15) is 13.2 Å². The zero-order valence-electron chi connectivity index (χ0n) is 15.4. The minimum Gasteiger partial charge on any atom is -0.482 e. The molecule has 6 nitrogen and oxygen atoms in total. The summed E-state index contributed by atoms with van der Waals surface area (Å²) in [6.07, 6.45) is 2.43. The van der Waals surface area contributed by atoms with Crippen molar-refractivity contribution in [2.24, 2.45) is 0 Å². The third-order valence-electron chi connectivity index (χ3n) is 4.56. The van der Waals surface area contributed by atoms with Crippen LogP contribution in [0.4, 0.5) is 0 Å². The summed E-state index contributed by atoms with van der Waals surface area (Å²) in [4.78, 5) is 12.2. The lowest BCUT2D eigenvalue weighted by Gasteiger charge is -2.15. The molecule has 28 heavy (non-hydrogen) atoms. The quantitative estimate of drug-likeness (QED) is 0.709. The van der Waals surface area contributed by atoms with E-state index in [2.05, 4.69) is 5.32 Å². The number of rotatable bonds is 8. The Morgan fingerprint density at radius 3 is 2.43 bits per heavy atom. The van der Waals surface area contributed by atoms with Crippen LogP contribution in [0.2, 0.25) is 5.02 Å². The van der Waals surface area contributed by atoms with Crippen molar-refractivity contribution in [1.29, 1.82) is 0 Å². The molecule has 8 heteroatoms. The number of para-hydroxylation sites is 1. The van der Waals surface area contributed by atoms with Gasteiger partial charge in [0, 0.05) is 19.6 Å². The number of hydrogen-bond acceptors (Lipinski definition) is 4. The predicted molar refractivity (Wildman–Crippen MR) is 108 cm³/mol. The molecule has 1 amide bonds. The number of ether oxygens (including phenoxy) is 1. The Morgan fingerprint density at radius 2 is 1.75 bits per heavy atom. The first kappa shape index (κ1) is 20.6. The van der Waals surface area contributed by atoms with E-state index in [1.165, 1.54) is 4.31 Å². The number of nitrogens with zero attached hydrogens (tertiary/aromatic N) is 1. The molecule has 1 aliphatic rings. The lowest BCUT2D eigenvalue weighted by molar-refractivity contribution is -0.123. The minimum atomic E-state index is -3.39. The largest absolute Gasteiger partial charge is 0.482 e. The highest BCUT2D eigenvalue weighted by atomic mass is 35.5. The molecule has 2 aromatic rings. The van der Waals surface area contributed by atoms with Crippen molar-refractivity contribution in [2.75, 3.05) is 26.2 Å². The zero-order chi connectivity index (χ0) is 20.0. The molecule has 0 atom stereocenters. The van der Waals surface area contributed by atoms with Crippen molar-refractivity contribution in [3.8, 4) is 5.75 Å². The average Bonchev–Trinajstić information content (AvgIpc) is 3.23. The van der Waals surface area contributed by atoms with Crippen molar-refractivity contribution in [1.82, 2.24) is 9.62 Å². The van der Waals surface area contributed by atoms with Gasteiger partial charge in [-0.25, -0.2) is 8.42 Å². The fraction of sp³-hybridized carbons (Fsp3) is 0.350. The van der Waals surface area contributed by atoms with E-state index in [0.717, 1.165) is 18.4 Å².